The first-order valence-electron chi connectivity index (χ1n) is 6.76. The van der Waals surface area contributed by atoms with E-state index in [1.807, 2.05) is 0 Å². The fraction of sp³-hybridized carbons (Fsp3) is 1.00. The first-order valence-corrected chi connectivity index (χ1v) is 6.76. The van der Waals surface area contributed by atoms with E-state index in [0.717, 1.165) is 0 Å². The molecule has 0 aromatic heterocycles. The van der Waals surface area contributed by atoms with E-state index in [-0.39, 0.29) is 65.8 Å². The zero-order chi connectivity index (χ0) is 25.7. The van der Waals surface area contributed by atoms with Crippen LogP contribution < -0.4 is 0 Å². The molecule has 0 rings (SSSR count). The van der Waals surface area contributed by atoms with Crippen LogP contribution in [-0.2, 0) is 0 Å². The average molecular weight is 671 g/mol. The standard InChI is InChI=1S/3C3H8O3.Bi.3NO3/c3*4-1-3(6)2-5;;3*2-1(3)4/h3*3-6H,1-2H2;;;;/q;;;+3;3*-1. The summed E-state index contributed by atoms with van der Waals surface area (Å²) in [4.78, 5) is 24.8. The Morgan fingerprint density at radius 2 is 0.516 bits per heavy atom. The van der Waals surface area contributed by atoms with E-state index in [1.165, 1.54) is 0 Å². The first-order chi connectivity index (χ1) is 13.6. The number of hydrogen-bond acceptors (Lipinski definition) is 18. The Hall–Kier alpha value is -1.88. The van der Waals surface area contributed by atoms with Crippen LogP contribution in [0.5, 0.6) is 0 Å². The molecule has 0 fully saturated rings. The van der Waals surface area contributed by atoms with Gasteiger partial charge in [0.15, 0.2) is 0 Å². The van der Waals surface area contributed by atoms with Crippen LogP contribution in [0.25, 0.3) is 0 Å². The minimum atomic E-state index is -1.75. The molecule has 0 atom stereocenters. The van der Waals surface area contributed by atoms with Gasteiger partial charge in [-0.15, -0.1) is 0 Å². The molecular weight excluding hydrogens is 647 g/mol. The Labute approximate surface area is 191 Å². The second-order valence-electron chi connectivity index (χ2n) is 3.73. The Morgan fingerprint density at radius 1 is 0.452 bits per heavy atom. The van der Waals surface area contributed by atoms with E-state index in [9.17, 15) is 0 Å². The zero-order valence-corrected chi connectivity index (χ0v) is 18.9. The summed E-state index contributed by atoms with van der Waals surface area (Å²) in [5.41, 5.74) is 0. The van der Waals surface area contributed by atoms with Crippen molar-refractivity contribution in [2.45, 2.75) is 18.3 Å². The summed E-state index contributed by atoms with van der Waals surface area (Å²) in [6, 6.07) is 0. The third-order valence-electron chi connectivity index (χ3n) is 1.26. The van der Waals surface area contributed by atoms with Crippen molar-refractivity contribution in [3.05, 3.63) is 46.0 Å². The second kappa shape index (κ2) is 42.3. The molecule has 0 aliphatic heterocycles. The molecule has 188 valence electrons. The molecule has 21 nitrogen and oxygen atoms in total. The third kappa shape index (κ3) is 187. The van der Waals surface area contributed by atoms with Gasteiger partial charge in [-0.25, -0.2) is 0 Å². The number of aliphatic hydroxyl groups excluding tert-OH is 9. The summed E-state index contributed by atoms with van der Waals surface area (Å²) in [5.74, 6) is 0. The Kier molecular flexibility index (Phi) is 64.2. The number of rotatable bonds is 6. The maximum atomic E-state index is 8.25. The van der Waals surface area contributed by atoms with Crippen LogP contribution in [0.4, 0.5) is 0 Å². The van der Waals surface area contributed by atoms with Gasteiger partial charge in [0.05, 0.1) is 54.9 Å². The molecule has 0 heterocycles. The maximum Gasteiger partial charge on any atom is 3.00 e. The Bertz CT molecular complexity index is 290. The van der Waals surface area contributed by atoms with Crippen molar-refractivity contribution < 1.29 is 61.2 Å². The summed E-state index contributed by atoms with van der Waals surface area (Å²) in [7, 11) is 0. The van der Waals surface area contributed by atoms with Gasteiger partial charge < -0.3 is 91.9 Å². The predicted octanol–water partition coefficient (Wildman–Crippen LogP) is -6.10. The topological polar surface area (TPSA) is 381 Å². The van der Waals surface area contributed by atoms with Gasteiger partial charge in [0.1, 0.15) is 18.3 Å². The Morgan fingerprint density at radius 3 is 0.516 bits per heavy atom. The van der Waals surface area contributed by atoms with Crippen LogP contribution in [0.2, 0.25) is 0 Å². The van der Waals surface area contributed by atoms with Crippen molar-refractivity contribution in [3.63, 3.8) is 0 Å². The zero-order valence-electron chi connectivity index (χ0n) is 15.5. The van der Waals surface area contributed by atoms with Crippen molar-refractivity contribution in [2.75, 3.05) is 39.6 Å². The molecule has 0 bridgehead atoms. The van der Waals surface area contributed by atoms with Crippen LogP contribution in [-0.4, -0.2) is 145 Å². The van der Waals surface area contributed by atoms with Gasteiger partial charge in [0.2, 0.25) is 0 Å². The molecule has 0 saturated heterocycles. The van der Waals surface area contributed by atoms with E-state index in [2.05, 4.69) is 0 Å². The summed E-state index contributed by atoms with van der Waals surface area (Å²) >= 11 is 0. The molecule has 0 saturated carbocycles. The summed E-state index contributed by atoms with van der Waals surface area (Å²) in [5, 5.41) is 116. The number of aliphatic hydroxyl groups is 9. The minimum Gasteiger partial charge on any atom is -0.394 e. The van der Waals surface area contributed by atoms with Gasteiger partial charge >= 0.3 is 26.2 Å². The van der Waals surface area contributed by atoms with Gasteiger partial charge in [-0.2, -0.15) is 0 Å². The molecule has 0 aromatic rings. The maximum absolute atomic E-state index is 8.25. The smallest absolute Gasteiger partial charge is 0.394 e. The molecule has 0 unspecified atom stereocenters. The van der Waals surface area contributed by atoms with Gasteiger partial charge in [0, 0.05) is 0 Å². The van der Waals surface area contributed by atoms with Crippen molar-refractivity contribution in [1.82, 2.24) is 0 Å². The molecule has 0 aliphatic rings. The first kappa shape index (κ1) is 47.1. The van der Waals surface area contributed by atoms with Crippen LogP contribution in [0.15, 0.2) is 0 Å². The molecule has 0 aromatic carbocycles. The molecule has 9 N–H and O–H groups in total. The normalized spacial score (nSPS) is 8.13. The van der Waals surface area contributed by atoms with E-state index < -0.39 is 33.6 Å². The van der Waals surface area contributed by atoms with E-state index in [0.29, 0.717) is 0 Å². The molecule has 0 spiro atoms. The molecule has 0 amide bonds. The number of nitrogens with zero attached hydrogens (tertiary/aromatic N) is 3. The van der Waals surface area contributed by atoms with Crippen molar-refractivity contribution in [1.29, 1.82) is 0 Å². The van der Waals surface area contributed by atoms with Crippen LogP contribution >= 0.6 is 0 Å². The summed E-state index contributed by atoms with van der Waals surface area (Å²) in [6.45, 7) is -2.19. The van der Waals surface area contributed by atoms with Crippen LogP contribution in [0.3, 0.4) is 0 Å². The van der Waals surface area contributed by atoms with Crippen LogP contribution in [0, 0.1) is 46.0 Å². The molecule has 2 radical (unpaired) electrons. The molecular formula is C9H24BiN3O18. The van der Waals surface area contributed by atoms with E-state index in [1.54, 1.807) is 0 Å². The van der Waals surface area contributed by atoms with Gasteiger partial charge in [-0.3, -0.25) is 0 Å². The molecule has 31 heavy (non-hydrogen) atoms. The van der Waals surface area contributed by atoms with Crippen molar-refractivity contribution in [3.8, 4) is 0 Å². The predicted molar refractivity (Wildman–Crippen MR) is 97.4 cm³/mol. The van der Waals surface area contributed by atoms with E-state index >= 15 is 0 Å². The van der Waals surface area contributed by atoms with Gasteiger partial charge in [-0.1, -0.05) is 0 Å². The fourth-order valence-electron chi connectivity index (χ4n) is 0.173. The fourth-order valence-corrected chi connectivity index (χ4v) is 0.173. The van der Waals surface area contributed by atoms with Crippen LogP contribution in [0.1, 0.15) is 0 Å². The third-order valence-corrected chi connectivity index (χ3v) is 1.26. The monoisotopic (exact) mass is 671 g/mol. The number of hydrogen-bond donors (Lipinski definition) is 9. The summed E-state index contributed by atoms with van der Waals surface area (Å²) < 4.78 is 0. The van der Waals surface area contributed by atoms with Gasteiger partial charge in [-0.05, 0) is 0 Å². The van der Waals surface area contributed by atoms with E-state index in [4.69, 9.17) is 91.9 Å². The van der Waals surface area contributed by atoms with Crippen molar-refractivity contribution in [2.24, 2.45) is 0 Å². The SMILES string of the molecule is O=[N+]([O-])[O-].O=[N+]([O-])[O-].O=[N+]([O-])[O-].OCC(O)CO.OCC(O)CO.OCC(O)CO.[Bi+3]. The largest absolute Gasteiger partial charge is 3.00 e. The Balaban J connectivity index is -0.0000000448. The second-order valence-corrected chi connectivity index (χ2v) is 3.73. The van der Waals surface area contributed by atoms with Gasteiger partial charge in [0.25, 0.3) is 0 Å². The molecule has 0 aliphatic carbocycles. The van der Waals surface area contributed by atoms with Crippen molar-refractivity contribution >= 4 is 26.2 Å². The molecule has 22 heteroatoms. The summed E-state index contributed by atoms with van der Waals surface area (Å²) in [6.07, 6.45) is -2.86. The quantitative estimate of drug-likeness (QED) is 0.0720. The minimum absolute atomic E-state index is 0. The average Bonchev–Trinajstić information content (AvgIpc) is 2.65.